The van der Waals surface area contributed by atoms with Crippen molar-refractivity contribution in [2.45, 2.75) is 13.0 Å². The highest BCUT2D eigenvalue weighted by atomic mass is 16.5. The van der Waals surface area contributed by atoms with E-state index in [4.69, 9.17) is 4.42 Å². The maximum atomic E-state index is 12.3. The fraction of sp³-hybridized carbons (Fsp3) is 0.167. The molecule has 0 aliphatic rings. The zero-order valence-corrected chi connectivity index (χ0v) is 13.3. The summed E-state index contributed by atoms with van der Waals surface area (Å²) in [5, 5.41) is 3.83. The first kappa shape index (κ1) is 15.7. The maximum absolute atomic E-state index is 12.3. The highest BCUT2D eigenvalue weighted by molar-refractivity contribution is 5.95. The Morgan fingerprint density at radius 2 is 2.00 bits per heavy atom. The molecular formula is C18H16N2O4. The fourth-order valence-corrected chi connectivity index (χ4v) is 2.32. The van der Waals surface area contributed by atoms with Crippen LogP contribution in [0, 0.1) is 0 Å². The SMILES string of the molecule is COC(=O)c1ccc(C(=O)NC(C)c2cc3ccccc3o2)cn1. The van der Waals surface area contributed by atoms with Crippen LogP contribution in [0.15, 0.2) is 53.1 Å². The number of nitrogens with zero attached hydrogens (tertiary/aromatic N) is 1. The van der Waals surface area contributed by atoms with E-state index in [9.17, 15) is 9.59 Å². The molecule has 6 heteroatoms. The minimum Gasteiger partial charge on any atom is -0.464 e. The molecule has 122 valence electrons. The van der Waals surface area contributed by atoms with Gasteiger partial charge in [-0.2, -0.15) is 0 Å². The van der Waals surface area contributed by atoms with Gasteiger partial charge in [0, 0.05) is 11.6 Å². The molecule has 1 atom stereocenters. The lowest BCUT2D eigenvalue weighted by molar-refractivity contribution is 0.0593. The van der Waals surface area contributed by atoms with E-state index in [1.165, 1.54) is 25.4 Å². The van der Waals surface area contributed by atoms with E-state index in [-0.39, 0.29) is 17.6 Å². The predicted octanol–water partition coefficient (Wildman–Crippen LogP) is 3.11. The molecule has 24 heavy (non-hydrogen) atoms. The van der Waals surface area contributed by atoms with E-state index in [0.717, 1.165) is 11.0 Å². The first-order chi connectivity index (χ1) is 11.6. The van der Waals surface area contributed by atoms with Crippen molar-refractivity contribution in [3.63, 3.8) is 0 Å². The summed E-state index contributed by atoms with van der Waals surface area (Å²) < 4.78 is 10.3. The average Bonchev–Trinajstić information content (AvgIpc) is 3.05. The molecule has 1 amide bonds. The van der Waals surface area contributed by atoms with Gasteiger partial charge in [-0.05, 0) is 31.2 Å². The third-order valence-corrected chi connectivity index (χ3v) is 3.64. The number of carbonyl (C=O) groups is 2. The summed E-state index contributed by atoms with van der Waals surface area (Å²) in [6, 6.07) is 12.2. The molecular weight excluding hydrogens is 308 g/mol. The van der Waals surface area contributed by atoms with Crippen molar-refractivity contribution in [3.05, 3.63) is 65.7 Å². The zero-order chi connectivity index (χ0) is 17.1. The van der Waals surface area contributed by atoms with Crippen LogP contribution in [-0.2, 0) is 4.74 Å². The van der Waals surface area contributed by atoms with E-state index in [1.807, 2.05) is 37.3 Å². The molecule has 2 heterocycles. The number of pyridine rings is 1. The van der Waals surface area contributed by atoms with Gasteiger partial charge in [-0.25, -0.2) is 9.78 Å². The third kappa shape index (κ3) is 3.12. The largest absolute Gasteiger partial charge is 0.464 e. The van der Waals surface area contributed by atoms with E-state index in [0.29, 0.717) is 11.3 Å². The molecule has 0 saturated carbocycles. The van der Waals surface area contributed by atoms with Crippen LogP contribution >= 0.6 is 0 Å². The van der Waals surface area contributed by atoms with Gasteiger partial charge in [-0.1, -0.05) is 18.2 Å². The van der Waals surface area contributed by atoms with E-state index in [1.54, 1.807) is 0 Å². The summed E-state index contributed by atoms with van der Waals surface area (Å²) in [5.74, 6) is -0.173. The molecule has 1 aromatic carbocycles. The van der Waals surface area contributed by atoms with Crippen LogP contribution in [0.1, 0.15) is 39.6 Å². The number of ether oxygens (including phenoxy) is 1. The number of esters is 1. The average molecular weight is 324 g/mol. The molecule has 0 aliphatic heterocycles. The number of para-hydroxylation sites is 1. The fourth-order valence-electron chi connectivity index (χ4n) is 2.32. The van der Waals surface area contributed by atoms with Gasteiger partial charge < -0.3 is 14.5 Å². The molecule has 3 rings (SSSR count). The normalized spacial score (nSPS) is 11.9. The highest BCUT2D eigenvalue weighted by Crippen LogP contribution is 2.23. The molecule has 6 nitrogen and oxygen atoms in total. The van der Waals surface area contributed by atoms with Crippen LogP contribution < -0.4 is 5.32 Å². The number of nitrogens with one attached hydrogen (secondary N) is 1. The van der Waals surface area contributed by atoms with E-state index < -0.39 is 5.97 Å². The molecule has 3 aromatic rings. The highest BCUT2D eigenvalue weighted by Gasteiger charge is 2.16. The Morgan fingerprint density at radius 1 is 1.21 bits per heavy atom. The Balaban J connectivity index is 1.72. The van der Waals surface area contributed by atoms with Gasteiger partial charge in [-0.15, -0.1) is 0 Å². The van der Waals surface area contributed by atoms with Crippen molar-refractivity contribution in [3.8, 4) is 0 Å². The molecule has 0 fully saturated rings. The number of fused-ring (bicyclic) bond motifs is 1. The number of amides is 1. The van der Waals surface area contributed by atoms with Crippen LogP contribution in [0.4, 0.5) is 0 Å². The van der Waals surface area contributed by atoms with Gasteiger partial charge in [0.2, 0.25) is 0 Å². The Labute approximate surface area is 138 Å². The zero-order valence-electron chi connectivity index (χ0n) is 13.3. The smallest absolute Gasteiger partial charge is 0.356 e. The Bertz CT molecular complexity index is 850. The molecule has 0 radical (unpaired) electrons. The van der Waals surface area contributed by atoms with Crippen molar-refractivity contribution >= 4 is 22.8 Å². The lowest BCUT2D eigenvalue weighted by atomic mass is 10.2. The van der Waals surface area contributed by atoms with Crippen molar-refractivity contribution in [1.82, 2.24) is 10.3 Å². The van der Waals surface area contributed by atoms with Crippen molar-refractivity contribution < 1.29 is 18.7 Å². The number of furan rings is 1. The topological polar surface area (TPSA) is 81.4 Å². The number of methoxy groups -OCH3 is 1. The van der Waals surface area contributed by atoms with E-state index >= 15 is 0 Å². The third-order valence-electron chi connectivity index (χ3n) is 3.64. The summed E-state index contributed by atoms with van der Waals surface area (Å²) in [5.41, 5.74) is 1.28. The summed E-state index contributed by atoms with van der Waals surface area (Å²) in [6.07, 6.45) is 1.34. The van der Waals surface area contributed by atoms with Gasteiger partial charge >= 0.3 is 5.97 Å². The Morgan fingerprint density at radius 3 is 2.67 bits per heavy atom. The minimum atomic E-state index is -0.544. The number of rotatable bonds is 4. The lowest BCUT2D eigenvalue weighted by Crippen LogP contribution is -2.26. The van der Waals surface area contributed by atoms with Gasteiger partial charge in [0.1, 0.15) is 17.0 Å². The second-order valence-electron chi connectivity index (χ2n) is 5.31. The molecule has 2 aromatic heterocycles. The summed E-state index contributed by atoms with van der Waals surface area (Å²) >= 11 is 0. The van der Waals surface area contributed by atoms with Crippen LogP contribution in [0.5, 0.6) is 0 Å². The quantitative estimate of drug-likeness (QED) is 0.746. The molecule has 0 spiro atoms. The van der Waals surface area contributed by atoms with Crippen LogP contribution in [-0.4, -0.2) is 24.0 Å². The Kier molecular flexibility index (Phi) is 4.29. The standard InChI is InChI=1S/C18H16N2O4/c1-11(16-9-12-5-3-4-6-15(12)24-16)20-17(21)13-7-8-14(19-10-13)18(22)23-2/h3-11H,1-2H3,(H,20,21). The monoisotopic (exact) mass is 324 g/mol. The van der Waals surface area contributed by atoms with Crippen LogP contribution in [0.3, 0.4) is 0 Å². The van der Waals surface area contributed by atoms with Crippen molar-refractivity contribution in [2.75, 3.05) is 7.11 Å². The summed E-state index contributed by atoms with van der Waals surface area (Å²) in [6.45, 7) is 1.84. The number of aromatic nitrogens is 1. The molecule has 1 N–H and O–H groups in total. The number of carbonyl (C=O) groups excluding carboxylic acids is 2. The first-order valence-electron chi connectivity index (χ1n) is 7.42. The summed E-state index contributed by atoms with van der Waals surface area (Å²) in [4.78, 5) is 27.6. The summed E-state index contributed by atoms with van der Waals surface area (Å²) in [7, 11) is 1.28. The first-order valence-corrected chi connectivity index (χ1v) is 7.42. The predicted molar refractivity (Wildman–Crippen MR) is 87.7 cm³/mol. The second kappa shape index (κ2) is 6.54. The van der Waals surface area contributed by atoms with Gasteiger partial charge in [0.05, 0.1) is 18.7 Å². The van der Waals surface area contributed by atoms with E-state index in [2.05, 4.69) is 15.0 Å². The minimum absolute atomic E-state index is 0.152. The molecule has 1 unspecified atom stereocenters. The molecule has 0 bridgehead atoms. The van der Waals surface area contributed by atoms with Gasteiger partial charge in [0.15, 0.2) is 0 Å². The second-order valence-corrected chi connectivity index (χ2v) is 5.31. The number of hydrogen-bond acceptors (Lipinski definition) is 5. The van der Waals surface area contributed by atoms with Crippen LogP contribution in [0.2, 0.25) is 0 Å². The van der Waals surface area contributed by atoms with Gasteiger partial charge in [0.25, 0.3) is 5.91 Å². The van der Waals surface area contributed by atoms with Crippen molar-refractivity contribution in [1.29, 1.82) is 0 Å². The van der Waals surface area contributed by atoms with Crippen molar-refractivity contribution in [2.24, 2.45) is 0 Å². The number of hydrogen-bond donors (Lipinski definition) is 1. The molecule has 0 aliphatic carbocycles. The molecule has 0 saturated heterocycles. The van der Waals surface area contributed by atoms with Crippen LogP contribution in [0.25, 0.3) is 11.0 Å². The maximum Gasteiger partial charge on any atom is 0.356 e. The Hall–Kier alpha value is -3.15. The number of benzene rings is 1. The lowest BCUT2D eigenvalue weighted by Gasteiger charge is -2.11. The van der Waals surface area contributed by atoms with Gasteiger partial charge in [-0.3, -0.25) is 4.79 Å².